The lowest BCUT2D eigenvalue weighted by Gasteiger charge is -2.30. The van der Waals surface area contributed by atoms with E-state index in [0.717, 1.165) is 19.4 Å². The fourth-order valence-electron chi connectivity index (χ4n) is 2.09. The number of rotatable bonds is 3. The summed E-state index contributed by atoms with van der Waals surface area (Å²) in [4.78, 5) is 23.6. The van der Waals surface area contributed by atoms with Crippen LogP contribution in [-0.4, -0.2) is 43.9 Å². The molecular formula is C13H24N2O4. The predicted molar refractivity (Wildman–Crippen MR) is 70.8 cm³/mol. The Balaban J connectivity index is 2.64. The molecule has 1 fully saturated rings. The summed E-state index contributed by atoms with van der Waals surface area (Å²) in [6, 6.07) is -0.660. The van der Waals surface area contributed by atoms with Gasteiger partial charge in [-0.2, -0.15) is 0 Å². The molecule has 1 heterocycles. The van der Waals surface area contributed by atoms with Gasteiger partial charge in [0.25, 0.3) is 0 Å². The van der Waals surface area contributed by atoms with Crippen LogP contribution >= 0.6 is 0 Å². The Morgan fingerprint density at radius 3 is 2.53 bits per heavy atom. The second-order valence-corrected chi connectivity index (χ2v) is 5.75. The van der Waals surface area contributed by atoms with Gasteiger partial charge in [-0.3, -0.25) is 0 Å². The van der Waals surface area contributed by atoms with Gasteiger partial charge in [-0.1, -0.05) is 0 Å². The van der Waals surface area contributed by atoms with Crippen molar-refractivity contribution in [2.75, 3.05) is 20.2 Å². The van der Waals surface area contributed by atoms with Crippen molar-refractivity contribution in [3.05, 3.63) is 0 Å². The Morgan fingerprint density at radius 1 is 1.37 bits per heavy atom. The maximum Gasteiger partial charge on any atom is 0.408 e. The van der Waals surface area contributed by atoms with Crippen molar-refractivity contribution in [3.63, 3.8) is 0 Å². The molecule has 0 spiro atoms. The van der Waals surface area contributed by atoms with Crippen molar-refractivity contribution in [1.82, 2.24) is 10.6 Å². The molecule has 2 N–H and O–H groups in total. The highest BCUT2D eigenvalue weighted by molar-refractivity contribution is 5.81. The maximum absolute atomic E-state index is 11.8. The van der Waals surface area contributed by atoms with Gasteiger partial charge in [0.2, 0.25) is 0 Å². The lowest BCUT2D eigenvalue weighted by molar-refractivity contribution is -0.144. The summed E-state index contributed by atoms with van der Waals surface area (Å²) < 4.78 is 9.94. The van der Waals surface area contributed by atoms with E-state index in [1.54, 1.807) is 20.8 Å². The number of nitrogens with one attached hydrogen (secondary N) is 2. The van der Waals surface area contributed by atoms with E-state index < -0.39 is 23.7 Å². The van der Waals surface area contributed by atoms with Crippen LogP contribution in [0.25, 0.3) is 0 Å². The van der Waals surface area contributed by atoms with E-state index in [0.29, 0.717) is 6.54 Å². The summed E-state index contributed by atoms with van der Waals surface area (Å²) in [5.41, 5.74) is -0.588. The van der Waals surface area contributed by atoms with Gasteiger partial charge in [-0.15, -0.1) is 0 Å². The molecule has 1 saturated heterocycles. The van der Waals surface area contributed by atoms with E-state index in [2.05, 4.69) is 10.6 Å². The van der Waals surface area contributed by atoms with E-state index >= 15 is 0 Å². The summed E-state index contributed by atoms with van der Waals surface area (Å²) in [5, 5.41) is 5.83. The van der Waals surface area contributed by atoms with Gasteiger partial charge >= 0.3 is 12.1 Å². The SMILES string of the molecule is COC(=O)[C@H](NC(=O)OC(C)(C)C)[C@H]1CCCNC1. The first-order chi connectivity index (χ1) is 8.83. The molecule has 1 aliphatic rings. The van der Waals surface area contributed by atoms with Crippen LogP contribution in [0.2, 0.25) is 0 Å². The number of hydrogen-bond donors (Lipinski definition) is 2. The minimum Gasteiger partial charge on any atom is -0.467 e. The van der Waals surface area contributed by atoms with Gasteiger partial charge in [-0.05, 0) is 40.2 Å². The summed E-state index contributed by atoms with van der Waals surface area (Å²) in [5.74, 6) is -0.395. The number of esters is 1. The van der Waals surface area contributed by atoms with E-state index in [9.17, 15) is 9.59 Å². The van der Waals surface area contributed by atoms with E-state index in [1.165, 1.54) is 7.11 Å². The summed E-state index contributed by atoms with van der Waals surface area (Å²) in [7, 11) is 1.32. The maximum atomic E-state index is 11.8. The Kier molecular flexibility index (Phi) is 5.60. The molecule has 0 radical (unpaired) electrons. The second kappa shape index (κ2) is 6.75. The van der Waals surface area contributed by atoms with Crippen LogP contribution in [0.1, 0.15) is 33.6 Å². The lowest BCUT2D eigenvalue weighted by atomic mass is 9.92. The van der Waals surface area contributed by atoms with Gasteiger partial charge in [0, 0.05) is 12.5 Å². The van der Waals surface area contributed by atoms with Crippen molar-refractivity contribution in [3.8, 4) is 0 Å². The molecule has 6 nitrogen and oxygen atoms in total. The van der Waals surface area contributed by atoms with Gasteiger partial charge in [-0.25, -0.2) is 9.59 Å². The van der Waals surface area contributed by atoms with Crippen molar-refractivity contribution in [2.45, 2.75) is 45.3 Å². The molecule has 0 saturated carbocycles. The van der Waals surface area contributed by atoms with Crippen LogP contribution in [0.3, 0.4) is 0 Å². The average Bonchev–Trinajstić information content (AvgIpc) is 2.34. The molecule has 0 unspecified atom stereocenters. The number of piperidine rings is 1. The number of amides is 1. The van der Waals surface area contributed by atoms with Crippen LogP contribution in [0.15, 0.2) is 0 Å². The first kappa shape index (κ1) is 15.8. The predicted octanol–water partition coefficient (Wildman–Crippen LogP) is 1.05. The lowest BCUT2D eigenvalue weighted by Crippen LogP contribution is -2.52. The molecule has 19 heavy (non-hydrogen) atoms. The van der Waals surface area contributed by atoms with E-state index in [-0.39, 0.29) is 5.92 Å². The van der Waals surface area contributed by atoms with Crippen LogP contribution in [-0.2, 0) is 14.3 Å². The number of carbonyl (C=O) groups excluding carboxylic acids is 2. The molecule has 0 aromatic carbocycles. The van der Waals surface area contributed by atoms with Gasteiger partial charge in [0.15, 0.2) is 0 Å². The first-order valence-electron chi connectivity index (χ1n) is 6.61. The van der Waals surface area contributed by atoms with Crippen LogP contribution in [0.4, 0.5) is 4.79 Å². The molecule has 6 heteroatoms. The molecule has 0 aliphatic carbocycles. The number of methoxy groups -OCH3 is 1. The number of hydrogen-bond acceptors (Lipinski definition) is 5. The minimum absolute atomic E-state index is 0.0359. The van der Waals surface area contributed by atoms with Crippen LogP contribution in [0.5, 0.6) is 0 Å². The third-order valence-electron chi connectivity index (χ3n) is 2.93. The molecular weight excluding hydrogens is 248 g/mol. The highest BCUT2D eigenvalue weighted by Gasteiger charge is 2.33. The smallest absolute Gasteiger partial charge is 0.408 e. The number of carbonyl (C=O) groups is 2. The highest BCUT2D eigenvalue weighted by Crippen LogP contribution is 2.16. The molecule has 1 aliphatic heterocycles. The second-order valence-electron chi connectivity index (χ2n) is 5.75. The van der Waals surface area contributed by atoms with Crippen molar-refractivity contribution in [2.24, 2.45) is 5.92 Å². The quantitative estimate of drug-likeness (QED) is 0.751. The fourth-order valence-corrected chi connectivity index (χ4v) is 2.09. The Bertz CT molecular complexity index is 319. The topological polar surface area (TPSA) is 76.7 Å². The van der Waals surface area contributed by atoms with Gasteiger partial charge in [0.05, 0.1) is 7.11 Å². The molecule has 110 valence electrons. The molecule has 0 aromatic rings. The summed E-state index contributed by atoms with van der Waals surface area (Å²) >= 11 is 0. The molecule has 2 atom stereocenters. The van der Waals surface area contributed by atoms with Crippen molar-refractivity contribution >= 4 is 12.1 Å². The van der Waals surface area contributed by atoms with Gasteiger partial charge < -0.3 is 20.1 Å². The van der Waals surface area contributed by atoms with Crippen LogP contribution in [0, 0.1) is 5.92 Å². The summed E-state index contributed by atoms with van der Waals surface area (Å²) in [6.07, 6.45) is 1.27. The third kappa shape index (κ3) is 5.46. The van der Waals surface area contributed by atoms with E-state index in [4.69, 9.17) is 9.47 Å². The van der Waals surface area contributed by atoms with E-state index in [1.807, 2.05) is 0 Å². The normalized spacial score (nSPS) is 21.4. The molecule has 1 amide bonds. The minimum atomic E-state index is -0.660. The standard InChI is InChI=1S/C13H24N2O4/c1-13(2,3)19-12(17)15-10(11(16)18-4)9-6-5-7-14-8-9/h9-10,14H,5-8H2,1-4H3,(H,15,17)/t9-,10+/m0/s1. The van der Waals surface area contributed by atoms with Crippen molar-refractivity contribution < 1.29 is 19.1 Å². The van der Waals surface area contributed by atoms with Crippen molar-refractivity contribution in [1.29, 1.82) is 0 Å². The Morgan fingerprint density at radius 2 is 2.05 bits per heavy atom. The fraction of sp³-hybridized carbons (Fsp3) is 0.846. The monoisotopic (exact) mass is 272 g/mol. The third-order valence-corrected chi connectivity index (χ3v) is 2.93. The summed E-state index contributed by atoms with van der Waals surface area (Å²) in [6.45, 7) is 6.97. The van der Waals surface area contributed by atoms with Crippen LogP contribution < -0.4 is 10.6 Å². The molecule has 0 bridgehead atoms. The Labute approximate surface area is 114 Å². The Hall–Kier alpha value is -1.30. The van der Waals surface area contributed by atoms with Gasteiger partial charge in [0.1, 0.15) is 11.6 Å². The number of ether oxygens (including phenoxy) is 2. The highest BCUT2D eigenvalue weighted by atomic mass is 16.6. The molecule has 0 aromatic heterocycles. The average molecular weight is 272 g/mol. The molecule has 1 rings (SSSR count). The zero-order chi connectivity index (χ0) is 14.5. The zero-order valence-corrected chi connectivity index (χ0v) is 12.1. The zero-order valence-electron chi connectivity index (χ0n) is 12.1. The first-order valence-corrected chi connectivity index (χ1v) is 6.61. The number of alkyl carbamates (subject to hydrolysis) is 1. The largest absolute Gasteiger partial charge is 0.467 e.